The number of aryl methyl sites for hydroxylation is 2. The van der Waals surface area contributed by atoms with Crippen LogP contribution in [0.25, 0.3) is 11.4 Å². The standard InChI is InChI=1S/C20H22N4O3S2/c1-5-24-17(14-8-6-12(2)7-9-14)22-23-20(24)28-11-16(25)21-18-15(19(26)27-4)10-13(3)29-18/h6-10H,5,11H2,1-4H3,(H,21,25). The SMILES string of the molecule is CCn1c(SCC(=O)Nc2sc(C)cc2C(=O)OC)nnc1-c1ccc(C)cc1. The Kier molecular flexibility index (Phi) is 6.71. The van der Waals surface area contributed by atoms with E-state index in [4.69, 9.17) is 4.74 Å². The fourth-order valence-corrected chi connectivity index (χ4v) is 4.48. The molecule has 0 atom stereocenters. The molecular formula is C20H22N4O3S2. The molecular weight excluding hydrogens is 408 g/mol. The second-order valence-electron chi connectivity index (χ2n) is 6.34. The molecule has 2 aromatic heterocycles. The van der Waals surface area contributed by atoms with Gasteiger partial charge in [-0.25, -0.2) is 4.79 Å². The van der Waals surface area contributed by atoms with Crippen molar-refractivity contribution < 1.29 is 14.3 Å². The summed E-state index contributed by atoms with van der Waals surface area (Å²) >= 11 is 2.65. The molecule has 0 saturated heterocycles. The van der Waals surface area contributed by atoms with Gasteiger partial charge in [0.2, 0.25) is 5.91 Å². The zero-order valence-electron chi connectivity index (χ0n) is 16.7. The number of benzene rings is 1. The largest absolute Gasteiger partial charge is 0.465 e. The molecule has 0 bridgehead atoms. The normalized spacial score (nSPS) is 10.8. The molecule has 0 saturated carbocycles. The summed E-state index contributed by atoms with van der Waals surface area (Å²) < 4.78 is 6.76. The number of anilines is 1. The summed E-state index contributed by atoms with van der Waals surface area (Å²) in [5.74, 6) is 0.247. The first kappa shape index (κ1) is 21.1. The van der Waals surface area contributed by atoms with Gasteiger partial charge < -0.3 is 14.6 Å². The average Bonchev–Trinajstić information content (AvgIpc) is 3.29. The van der Waals surface area contributed by atoms with Gasteiger partial charge in [0, 0.05) is 17.0 Å². The summed E-state index contributed by atoms with van der Waals surface area (Å²) in [6, 6.07) is 9.80. The van der Waals surface area contributed by atoms with E-state index in [1.54, 1.807) is 6.07 Å². The monoisotopic (exact) mass is 430 g/mol. The molecule has 29 heavy (non-hydrogen) atoms. The number of aromatic nitrogens is 3. The van der Waals surface area contributed by atoms with Crippen LogP contribution in [0.1, 0.15) is 27.7 Å². The number of thiophene rings is 1. The van der Waals surface area contributed by atoms with Crippen molar-refractivity contribution in [1.82, 2.24) is 14.8 Å². The number of carbonyl (C=O) groups is 2. The molecule has 0 fully saturated rings. The predicted molar refractivity (Wildman–Crippen MR) is 116 cm³/mol. The third-order valence-electron chi connectivity index (χ3n) is 4.19. The zero-order valence-corrected chi connectivity index (χ0v) is 18.3. The van der Waals surface area contributed by atoms with Crippen LogP contribution in [-0.2, 0) is 16.1 Å². The van der Waals surface area contributed by atoms with Gasteiger partial charge in [0.25, 0.3) is 0 Å². The van der Waals surface area contributed by atoms with E-state index in [2.05, 4.69) is 15.5 Å². The predicted octanol–water partition coefficient (Wildman–Crippen LogP) is 4.16. The van der Waals surface area contributed by atoms with E-state index in [0.717, 1.165) is 16.3 Å². The van der Waals surface area contributed by atoms with Crippen LogP contribution in [0.15, 0.2) is 35.5 Å². The molecule has 1 amide bonds. The Labute approximate surface area is 177 Å². The first-order valence-electron chi connectivity index (χ1n) is 9.04. The highest BCUT2D eigenvalue weighted by Gasteiger charge is 2.19. The molecule has 2 heterocycles. The lowest BCUT2D eigenvalue weighted by molar-refractivity contribution is -0.113. The number of nitrogens with zero attached hydrogens (tertiary/aromatic N) is 3. The number of methoxy groups -OCH3 is 1. The summed E-state index contributed by atoms with van der Waals surface area (Å²) in [6.45, 7) is 6.62. The van der Waals surface area contributed by atoms with E-state index in [1.807, 2.05) is 49.6 Å². The van der Waals surface area contributed by atoms with Gasteiger partial charge in [-0.05, 0) is 26.8 Å². The van der Waals surface area contributed by atoms with Crippen molar-refractivity contribution in [2.24, 2.45) is 0 Å². The van der Waals surface area contributed by atoms with Gasteiger partial charge in [0.15, 0.2) is 11.0 Å². The van der Waals surface area contributed by atoms with E-state index in [-0.39, 0.29) is 11.7 Å². The summed E-state index contributed by atoms with van der Waals surface area (Å²) in [7, 11) is 1.32. The minimum absolute atomic E-state index is 0.156. The molecule has 3 aromatic rings. The van der Waals surface area contributed by atoms with E-state index in [9.17, 15) is 9.59 Å². The van der Waals surface area contributed by atoms with Crippen molar-refractivity contribution in [3.05, 3.63) is 46.3 Å². The fraction of sp³-hybridized carbons (Fsp3) is 0.300. The van der Waals surface area contributed by atoms with Gasteiger partial charge in [0.05, 0.1) is 18.4 Å². The Bertz CT molecular complexity index is 1030. The van der Waals surface area contributed by atoms with Crippen LogP contribution in [0.3, 0.4) is 0 Å². The van der Waals surface area contributed by atoms with Crippen LogP contribution in [-0.4, -0.2) is 39.5 Å². The highest BCUT2D eigenvalue weighted by Crippen LogP contribution is 2.29. The molecule has 9 heteroatoms. The summed E-state index contributed by atoms with van der Waals surface area (Å²) in [5.41, 5.74) is 2.53. The van der Waals surface area contributed by atoms with Crippen molar-refractivity contribution in [1.29, 1.82) is 0 Å². The molecule has 0 aliphatic rings. The minimum atomic E-state index is -0.467. The lowest BCUT2D eigenvalue weighted by atomic mass is 10.1. The van der Waals surface area contributed by atoms with Gasteiger partial charge in [-0.2, -0.15) is 0 Å². The summed E-state index contributed by atoms with van der Waals surface area (Å²) in [4.78, 5) is 25.2. The first-order valence-corrected chi connectivity index (χ1v) is 10.8. The van der Waals surface area contributed by atoms with Gasteiger partial charge in [-0.1, -0.05) is 41.6 Å². The maximum atomic E-state index is 12.4. The molecule has 1 aromatic carbocycles. The quantitative estimate of drug-likeness (QED) is 0.447. The van der Waals surface area contributed by atoms with E-state index < -0.39 is 5.97 Å². The molecule has 0 aliphatic heterocycles. The van der Waals surface area contributed by atoms with Crippen molar-refractivity contribution in [2.45, 2.75) is 32.5 Å². The van der Waals surface area contributed by atoms with Crippen LogP contribution in [0.4, 0.5) is 5.00 Å². The number of nitrogens with one attached hydrogen (secondary N) is 1. The van der Waals surface area contributed by atoms with Gasteiger partial charge in [-0.3, -0.25) is 4.79 Å². The Morgan fingerprint density at radius 3 is 2.59 bits per heavy atom. The highest BCUT2D eigenvalue weighted by molar-refractivity contribution is 7.99. The smallest absolute Gasteiger partial charge is 0.340 e. The minimum Gasteiger partial charge on any atom is -0.465 e. The average molecular weight is 431 g/mol. The lowest BCUT2D eigenvalue weighted by Gasteiger charge is -2.08. The van der Waals surface area contributed by atoms with Crippen LogP contribution in [0, 0.1) is 13.8 Å². The molecule has 0 unspecified atom stereocenters. The number of amides is 1. The van der Waals surface area contributed by atoms with Crippen LogP contribution in [0.5, 0.6) is 0 Å². The number of esters is 1. The highest BCUT2D eigenvalue weighted by atomic mass is 32.2. The van der Waals surface area contributed by atoms with Crippen molar-refractivity contribution in [2.75, 3.05) is 18.2 Å². The Morgan fingerprint density at radius 2 is 1.93 bits per heavy atom. The number of hydrogen-bond donors (Lipinski definition) is 1. The topological polar surface area (TPSA) is 86.1 Å². The molecule has 0 aliphatic carbocycles. The van der Waals surface area contributed by atoms with Crippen molar-refractivity contribution in [3.8, 4) is 11.4 Å². The summed E-state index contributed by atoms with van der Waals surface area (Å²) in [6.07, 6.45) is 0. The van der Waals surface area contributed by atoms with Gasteiger partial charge in [-0.15, -0.1) is 21.5 Å². The third kappa shape index (κ3) is 4.86. The van der Waals surface area contributed by atoms with E-state index in [1.165, 1.54) is 35.8 Å². The third-order valence-corrected chi connectivity index (χ3v) is 6.12. The fourth-order valence-electron chi connectivity index (χ4n) is 2.76. The number of carbonyl (C=O) groups excluding carboxylic acids is 2. The van der Waals surface area contributed by atoms with Gasteiger partial charge in [0.1, 0.15) is 5.00 Å². The molecule has 1 N–H and O–H groups in total. The maximum Gasteiger partial charge on any atom is 0.340 e. The van der Waals surface area contributed by atoms with Crippen LogP contribution < -0.4 is 5.32 Å². The second kappa shape index (κ2) is 9.23. The molecule has 0 radical (unpaired) electrons. The van der Waals surface area contributed by atoms with Crippen molar-refractivity contribution >= 4 is 40.0 Å². The Morgan fingerprint density at radius 1 is 1.21 bits per heavy atom. The Hall–Kier alpha value is -2.65. The molecule has 7 nitrogen and oxygen atoms in total. The number of rotatable bonds is 7. The van der Waals surface area contributed by atoms with E-state index >= 15 is 0 Å². The number of ether oxygens (including phenoxy) is 1. The zero-order chi connectivity index (χ0) is 21.0. The van der Waals surface area contributed by atoms with Crippen LogP contribution >= 0.6 is 23.1 Å². The van der Waals surface area contributed by atoms with E-state index in [0.29, 0.717) is 22.3 Å². The molecule has 0 spiro atoms. The van der Waals surface area contributed by atoms with Gasteiger partial charge >= 0.3 is 5.97 Å². The Balaban J connectivity index is 1.70. The summed E-state index contributed by atoms with van der Waals surface area (Å²) in [5, 5.41) is 12.5. The first-order chi connectivity index (χ1) is 13.9. The number of thioether (sulfide) groups is 1. The second-order valence-corrected chi connectivity index (χ2v) is 8.54. The lowest BCUT2D eigenvalue weighted by Crippen LogP contribution is -2.16. The molecule has 152 valence electrons. The number of hydrogen-bond acceptors (Lipinski definition) is 7. The molecule has 3 rings (SSSR count). The van der Waals surface area contributed by atoms with Crippen LogP contribution in [0.2, 0.25) is 0 Å². The maximum absolute atomic E-state index is 12.4. The van der Waals surface area contributed by atoms with Crippen molar-refractivity contribution in [3.63, 3.8) is 0 Å².